The van der Waals surface area contributed by atoms with E-state index in [1.807, 2.05) is 23.2 Å². The van der Waals surface area contributed by atoms with Crippen molar-refractivity contribution >= 4 is 22.8 Å². The molecule has 5 nitrogen and oxygen atoms in total. The molecule has 1 unspecified atom stereocenters. The van der Waals surface area contributed by atoms with Crippen molar-refractivity contribution in [3.05, 3.63) is 36.5 Å². The molecular weight excluding hydrogens is 304 g/mol. The molecule has 126 valence electrons. The second kappa shape index (κ2) is 5.65. The molecule has 1 aliphatic heterocycles. The van der Waals surface area contributed by atoms with Crippen LogP contribution in [0.5, 0.6) is 0 Å². The van der Waals surface area contributed by atoms with Gasteiger partial charge < -0.3 is 14.6 Å². The van der Waals surface area contributed by atoms with Crippen molar-refractivity contribution in [2.24, 2.45) is 11.3 Å². The minimum Gasteiger partial charge on any atom is -0.481 e. The van der Waals surface area contributed by atoms with E-state index in [1.54, 1.807) is 0 Å². The maximum atomic E-state index is 12.5. The number of fused-ring (bicyclic) bond motifs is 1. The van der Waals surface area contributed by atoms with Crippen LogP contribution < -0.4 is 0 Å². The quantitative estimate of drug-likeness (QED) is 0.940. The standard InChI is InChI=1S/C19H22N2O3/c22-17(6-10-20-9-5-14-3-1-2-4-16(14)20)21-11-7-19(8-12-21)13-15(19)18(23)24/h1-5,9,15H,6-8,10-13H2,(H,23,24). The summed E-state index contributed by atoms with van der Waals surface area (Å²) < 4.78 is 2.13. The van der Waals surface area contributed by atoms with Gasteiger partial charge >= 0.3 is 5.97 Å². The lowest BCUT2D eigenvalue weighted by molar-refractivity contribution is -0.139. The smallest absolute Gasteiger partial charge is 0.307 e. The number of piperidine rings is 1. The Hall–Kier alpha value is -2.30. The van der Waals surface area contributed by atoms with Gasteiger partial charge in [0.15, 0.2) is 0 Å². The van der Waals surface area contributed by atoms with Crippen molar-refractivity contribution in [1.82, 2.24) is 9.47 Å². The zero-order valence-corrected chi connectivity index (χ0v) is 13.6. The van der Waals surface area contributed by atoms with Gasteiger partial charge in [-0.1, -0.05) is 18.2 Å². The molecular formula is C19H22N2O3. The molecule has 24 heavy (non-hydrogen) atoms. The van der Waals surface area contributed by atoms with Gasteiger partial charge in [0.2, 0.25) is 5.91 Å². The Morgan fingerprint density at radius 3 is 2.62 bits per heavy atom. The number of para-hydroxylation sites is 1. The lowest BCUT2D eigenvalue weighted by Crippen LogP contribution is -2.40. The summed E-state index contributed by atoms with van der Waals surface area (Å²) in [6.45, 7) is 2.09. The van der Waals surface area contributed by atoms with Crippen molar-refractivity contribution < 1.29 is 14.7 Å². The average molecular weight is 326 g/mol. The number of aromatic nitrogens is 1. The number of rotatable bonds is 4. The van der Waals surface area contributed by atoms with Gasteiger partial charge in [-0.15, -0.1) is 0 Å². The first-order valence-electron chi connectivity index (χ1n) is 8.64. The fourth-order valence-corrected chi connectivity index (χ4v) is 4.16. The normalized spacial score (nSPS) is 22.0. The van der Waals surface area contributed by atoms with Crippen molar-refractivity contribution in [2.75, 3.05) is 13.1 Å². The van der Waals surface area contributed by atoms with E-state index >= 15 is 0 Å². The molecule has 1 spiro atoms. The van der Waals surface area contributed by atoms with E-state index in [-0.39, 0.29) is 17.2 Å². The number of hydrogen-bond acceptors (Lipinski definition) is 2. The van der Waals surface area contributed by atoms with Gasteiger partial charge in [0.1, 0.15) is 0 Å². The van der Waals surface area contributed by atoms with Crippen molar-refractivity contribution in [1.29, 1.82) is 0 Å². The molecule has 0 radical (unpaired) electrons. The second-order valence-electron chi connectivity index (χ2n) is 7.16. The van der Waals surface area contributed by atoms with Gasteiger partial charge in [0.05, 0.1) is 5.92 Å². The molecule has 1 aromatic carbocycles. The summed E-state index contributed by atoms with van der Waals surface area (Å²) in [6.07, 6.45) is 4.99. The van der Waals surface area contributed by atoms with Crippen LogP contribution in [-0.4, -0.2) is 39.5 Å². The molecule has 1 atom stereocenters. The number of hydrogen-bond donors (Lipinski definition) is 1. The van der Waals surface area contributed by atoms with E-state index in [0.29, 0.717) is 26.1 Å². The van der Waals surface area contributed by atoms with Gasteiger partial charge in [0.25, 0.3) is 0 Å². The molecule has 5 heteroatoms. The first-order chi connectivity index (χ1) is 11.6. The number of carbonyl (C=O) groups excluding carboxylic acids is 1. The Morgan fingerprint density at radius 2 is 1.92 bits per heavy atom. The van der Waals surface area contributed by atoms with E-state index in [4.69, 9.17) is 5.11 Å². The SMILES string of the molecule is O=C(O)C1CC12CCN(C(=O)CCn1ccc3ccccc31)CC2. The predicted octanol–water partition coefficient (Wildman–Crippen LogP) is 2.74. The molecule has 1 N–H and O–H groups in total. The van der Waals surface area contributed by atoms with Gasteiger partial charge in [0, 0.05) is 37.8 Å². The van der Waals surface area contributed by atoms with Crippen LogP contribution in [0.25, 0.3) is 10.9 Å². The molecule has 2 aliphatic rings. The van der Waals surface area contributed by atoms with Gasteiger partial charge in [-0.05, 0) is 42.2 Å². The number of carbonyl (C=O) groups is 2. The number of nitrogens with zero attached hydrogens (tertiary/aromatic N) is 2. The fourth-order valence-electron chi connectivity index (χ4n) is 4.16. The average Bonchev–Trinajstić information content (AvgIpc) is 3.14. The van der Waals surface area contributed by atoms with Crippen LogP contribution in [0.3, 0.4) is 0 Å². The highest BCUT2D eigenvalue weighted by molar-refractivity contribution is 5.81. The van der Waals surface area contributed by atoms with Crippen molar-refractivity contribution in [3.8, 4) is 0 Å². The number of likely N-dealkylation sites (tertiary alicyclic amines) is 1. The number of benzene rings is 1. The summed E-state index contributed by atoms with van der Waals surface area (Å²) in [5.74, 6) is -0.676. The number of carboxylic acids is 1. The van der Waals surface area contributed by atoms with Crippen LogP contribution in [0.15, 0.2) is 36.5 Å². The topological polar surface area (TPSA) is 62.5 Å². The third kappa shape index (κ3) is 2.58. The lowest BCUT2D eigenvalue weighted by atomic mass is 9.90. The first kappa shape index (κ1) is 15.2. The maximum Gasteiger partial charge on any atom is 0.307 e. The highest BCUT2D eigenvalue weighted by Gasteiger charge is 2.59. The molecule has 2 heterocycles. The van der Waals surface area contributed by atoms with Crippen LogP contribution in [0.1, 0.15) is 25.7 Å². The van der Waals surface area contributed by atoms with E-state index < -0.39 is 5.97 Å². The van der Waals surface area contributed by atoms with Crippen molar-refractivity contribution in [2.45, 2.75) is 32.2 Å². The first-order valence-corrected chi connectivity index (χ1v) is 8.64. The maximum absolute atomic E-state index is 12.5. The molecule has 4 rings (SSSR count). The van der Waals surface area contributed by atoms with E-state index in [1.165, 1.54) is 5.39 Å². The zero-order chi connectivity index (χ0) is 16.7. The third-order valence-corrected chi connectivity index (χ3v) is 5.85. The molecule has 1 amide bonds. The van der Waals surface area contributed by atoms with E-state index in [9.17, 15) is 9.59 Å². The fraction of sp³-hybridized carbons (Fsp3) is 0.474. The monoisotopic (exact) mass is 326 g/mol. The summed E-state index contributed by atoms with van der Waals surface area (Å²) in [7, 11) is 0. The number of amides is 1. The predicted molar refractivity (Wildman–Crippen MR) is 90.5 cm³/mol. The van der Waals surface area contributed by atoms with Gasteiger partial charge in [-0.2, -0.15) is 0 Å². The lowest BCUT2D eigenvalue weighted by Gasteiger charge is -2.32. The van der Waals surface area contributed by atoms with Crippen LogP contribution in [-0.2, 0) is 16.1 Å². The molecule has 1 aliphatic carbocycles. The summed E-state index contributed by atoms with van der Waals surface area (Å²) in [4.78, 5) is 25.5. The molecule has 2 aromatic rings. The van der Waals surface area contributed by atoms with Gasteiger partial charge in [-0.3, -0.25) is 9.59 Å². The largest absolute Gasteiger partial charge is 0.481 e. The zero-order valence-electron chi connectivity index (χ0n) is 13.6. The third-order valence-electron chi connectivity index (χ3n) is 5.85. The van der Waals surface area contributed by atoms with Crippen LogP contribution in [0.4, 0.5) is 0 Å². The minimum atomic E-state index is -0.672. The number of aryl methyl sites for hydroxylation is 1. The van der Waals surface area contributed by atoms with E-state index in [0.717, 1.165) is 24.8 Å². The highest BCUT2D eigenvalue weighted by Crippen LogP contribution is 2.59. The Kier molecular flexibility index (Phi) is 3.59. The van der Waals surface area contributed by atoms with Crippen LogP contribution in [0, 0.1) is 11.3 Å². The summed E-state index contributed by atoms with van der Waals surface area (Å²) >= 11 is 0. The van der Waals surface area contributed by atoms with Crippen LogP contribution >= 0.6 is 0 Å². The minimum absolute atomic E-state index is 0.0146. The Labute approximate surface area is 140 Å². The Balaban J connectivity index is 1.32. The summed E-state index contributed by atoms with van der Waals surface area (Å²) in [5, 5.41) is 10.3. The van der Waals surface area contributed by atoms with E-state index in [2.05, 4.69) is 22.8 Å². The van der Waals surface area contributed by atoms with Crippen LogP contribution in [0.2, 0.25) is 0 Å². The highest BCUT2D eigenvalue weighted by atomic mass is 16.4. The number of aliphatic carboxylic acids is 1. The molecule has 0 bridgehead atoms. The summed E-state index contributed by atoms with van der Waals surface area (Å²) in [5.41, 5.74) is 1.14. The molecule has 1 aromatic heterocycles. The Morgan fingerprint density at radius 1 is 1.17 bits per heavy atom. The van der Waals surface area contributed by atoms with Crippen molar-refractivity contribution in [3.63, 3.8) is 0 Å². The van der Waals surface area contributed by atoms with Gasteiger partial charge in [-0.25, -0.2) is 0 Å². The second-order valence-corrected chi connectivity index (χ2v) is 7.16. The molecule has 2 fully saturated rings. The Bertz CT molecular complexity index is 787. The molecule has 1 saturated heterocycles. The molecule has 1 saturated carbocycles. The summed E-state index contributed by atoms with van der Waals surface area (Å²) in [6, 6.07) is 10.3. The number of carboxylic acid groups (broad SMARTS) is 1.